The smallest absolute Gasteiger partial charge is 0.226 e. The third-order valence-corrected chi connectivity index (χ3v) is 2.57. The molecule has 0 aliphatic rings. The van der Waals surface area contributed by atoms with Gasteiger partial charge >= 0.3 is 0 Å². The first kappa shape index (κ1) is 9.91. The maximum Gasteiger partial charge on any atom is 0.226 e. The van der Waals surface area contributed by atoms with Gasteiger partial charge in [-0.3, -0.25) is 0 Å². The van der Waals surface area contributed by atoms with Crippen molar-refractivity contribution in [2.24, 2.45) is 0 Å². The molecule has 0 spiro atoms. The summed E-state index contributed by atoms with van der Waals surface area (Å²) in [7, 11) is 0. The topological polar surface area (TPSA) is 90.7 Å². The van der Waals surface area contributed by atoms with Gasteiger partial charge in [0.15, 0.2) is 5.82 Å². The first-order valence-corrected chi connectivity index (χ1v) is 5.22. The van der Waals surface area contributed by atoms with Crippen molar-refractivity contribution in [3.63, 3.8) is 0 Å². The molecule has 7 heteroatoms. The van der Waals surface area contributed by atoms with Crippen LogP contribution in [0.3, 0.4) is 0 Å². The Labute approximate surface area is 90.3 Å². The number of aryl methyl sites for hydroxylation is 1. The maximum absolute atomic E-state index is 5.63. The molecule has 2 N–H and O–H groups in total. The van der Waals surface area contributed by atoms with E-state index in [0.29, 0.717) is 28.4 Å². The van der Waals surface area contributed by atoms with Crippen LogP contribution in [0.2, 0.25) is 0 Å². The lowest BCUT2D eigenvalue weighted by atomic mass is 10.7. The van der Waals surface area contributed by atoms with Gasteiger partial charge in [-0.1, -0.05) is 11.8 Å². The molecule has 0 fully saturated rings. The number of aromatic nitrogens is 4. The molecule has 0 unspecified atom stereocenters. The van der Waals surface area contributed by atoms with Crippen molar-refractivity contribution in [1.29, 1.82) is 0 Å². The summed E-state index contributed by atoms with van der Waals surface area (Å²) in [5.74, 6) is 2.07. The van der Waals surface area contributed by atoms with Gasteiger partial charge in [0.25, 0.3) is 0 Å². The van der Waals surface area contributed by atoms with Gasteiger partial charge in [-0.2, -0.15) is 0 Å². The fraction of sp³-hybridized carbons (Fsp3) is 0.250. The van der Waals surface area contributed by atoms with Crippen molar-refractivity contribution in [2.45, 2.75) is 17.7 Å². The number of nitrogens with zero attached hydrogens (tertiary/aromatic N) is 4. The molecule has 0 radical (unpaired) electrons. The normalized spacial score (nSPS) is 10.5. The molecule has 0 saturated heterocycles. The summed E-state index contributed by atoms with van der Waals surface area (Å²) < 4.78 is 5.21. The molecular formula is C8H9N5OS. The summed E-state index contributed by atoms with van der Waals surface area (Å²) >= 11 is 1.42. The highest BCUT2D eigenvalue weighted by Crippen LogP contribution is 2.23. The third-order valence-electron chi connectivity index (χ3n) is 1.59. The molecule has 6 nitrogen and oxygen atoms in total. The molecule has 15 heavy (non-hydrogen) atoms. The number of anilines is 1. The minimum absolute atomic E-state index is 0.415. The van der Waals surface area contributed by atoms with Gasteiger partial charge in [0, 0.05) is 19.3 Å². The molecule has 78 valence electrons. The second kappa shape index (κ2) is 4.26. The average molecular weight is 223 g/mol. The zero-order chi connectivity index (χ0) is 10.7. The average Bonchev–Trinajstić information content (AvgIpc) is 2.63. The summed E-state index contributed by atoms with van der Waals surface area (Å²) in [5.41, 5.74) is 5.63. The van der Waals surface area contributed by atoms with E-state index >= 15 is 0 Å². The summed E-state index contributed by atoms with van der Waals surface area (Å²) in [5, 5.41) is 8.26. The minimum atomic E-state index is 0.415. The second-order valence-electron chi connectivity index (χ2n) is 2.75. The van der Waals surface area contributed by atoms with Crippen LogP contribution in [-0.4, -0.2) is 20.2 Å². The zero-order valence-electron chi connectivity index (χ0n) is 8.04. The van der Waals surface area contributed by atoms with Crippen molar-refractivity contribution in [3.8, 4) is 0 Å². The Morgan fingerprint density at radius 3 is 2.80 bits per heavy atom. The van der Waals surface area contributed by atoms with Crippen molar-refractivity contribution in [1.82, 2.24) is 20.2 Å². The van der Waals surface area contributed by atoms with Crippen LogP contribution in [0.4, 0.5) is 5.82 Å². The summed E-state index contributed by atoms with van der Waals surface area (Å²) in [6, 6.07) is 0. The van der Waals surface area contributed by atoms with E-state index in [-0.39, 0.29) is 0 Å². The quantitative estimate of drug-likeness (QED) is 0.777. The Kier molecular flexibility index (Phi) is 2.82. The lowest BCUT2D eigenvalue weighted by Crippen LogP contribution is -1.94. The van der Waals surface area contributed by atoms with E-state index in [1.54, 1.807) is 19.3 Å². The summed E-state index contributed by atoms with van der Waals surface area (Å²) in [4.78, 5) is 8.01. The SMILES string of the molecule is Cc1nnc(CSc2nccnc2N)o1. The molecule has 0 aromatic carbocycles. The van der Waals surface area contributed by atoms with Gasteiger partial charge in [0.1, 0.15) is 5.03 Å². The Morgan fingerprint density at radius 1 is 1.33 bits per heavy atom. The second-order valence-corrected chi connectivity index (χ2v) is 3.71. The molecule has 2 aromatic rings. The highest BCUT2D eigenvalue weighted by atomic mass is 32.2. The van der Waals surface area contributed by atoms with Crippen LogP contribution in [-0.2, 0) is 5.75 Å². The van der Waals surface area contributed by atoms with Crippen molar-refractivity contribution in [2.75, 3.05) is 5.73 Å². The van der Waals surface area contributed by atoms with Gasteiger partial charge in [0.05, 0.1) is 5.75 Å². The van der Waals surface area contributed by atoms with Crippen molar-refractivity contribution < 1.29 is 4.42 Å². The van der Waals surface area contributed by atoms with Crippen LogP contribution in [0.25, 0.3) is 0 Å². The Morgan fingerprint density at radius 2 is 2.13 bits per heavy atom. The van der Waals surface area contributed by atoms with Gasteiger partial charge in [-0.15, -0.1) is 10.2 Å². The highest BCUT2D eigenvalue weighted by molar-refractivity contribution is 7.98. The monoisotopic (exact) mass is 223 g/mol. The van der Waals surface area contributed by atoms with E-state index in [2.05, 4.69) is 20.2 Å². The Hall–Kier alpha value is -1.63. The van der Waals surface area contributed by atoms with E-state index in [9.17, 15) is 0 Å². The molecule has 2 rings (SSSR count). The van der Waals surface area contributed by atoms with Crippen LogP contribution in [0.15, 0.2) is 21.8 Å². The number of thioether (sulfide) groups is 1. The van der Waals surface area contributed by atoms with Gasteiger partial charge in [0.2, 0.25) is 11.8 Å². The molecule has 2 aromatic heterocycles. The predicted molar refractivity (Wildman–Crippen MR) is 55.0 cm³/mol. The standard InChI is InChI=1S/C8H9N5OS/c1-5-12-13-6(14-5)4-15-8-7(9)10-2-3-11-8/h2-3H,4H2,1H3,(H2,9,10). The number of nitrogen functional groups attached to an aromatic ring is 1. The number of rotatable bonds is 3. The molecule has 0 aliphatic heterocycles. The van der Waals surface area contributed by atoms with Crippen molar-refractivity contribution >= 4 is 17.6 Å². The van der Waals surface area contributed by atoms with Crippen LogP contribution in [0.5, 0.6) is 0 Å². The van der Waals surface area contributed by atoms with Gasteiger partial charge in [-0.05, 0) is 0 Å². The molecule has 0 atom stereocenters. The maximum atomic E-state index is 5.63. The van der Waals surface area contributed by atoms with Crippen LogP contribution >= 0.6 is 11.8 Å². The molecule has 2 heterocycles. The predicted octanol–water partition coefficient (Wildman–Crippen LogP) is 1.04. The number of hydrogen-bond acceptors (Lipinski definition) is 7. The largest absolute Gasteiger partial charge is 0.425 e. The lowest BCUT2D eigenvalue weighted by Gasteiger charge is -1.99. The summed E-state index contributed by atoms with van der Waals surface area (Å²) in [6.07, 6.45) is 3.15. The summed E-state index contributed by atoms with van der Waals surface area (Å²) in [6.45, 7) is 1.75. The molecule has 0 aliphatic carbocycles. The van der Waals surface area contributed by atoms with E-state index in [0.717, 1.165) is 0 Å². The highest BCUT2D eigenvalue weighted by Gasteiger charge is 2.06. The Balaban J connectivity index is 2.02. The van der Waals surface area contributed by atoms with Gasteiger partial charge < -0.3 is 10.2 Å². The Bertz CT molecular complexity index is 458. The number of hydrogen-bond donors (Lipinski definition) is 1. The third kappa shape index (κ3) is 2.44. The fourth-order valence-corrected chi connectivity index (χ4v) is 1.69. The molecular weight excluding hydrogens is 214 g/mol. The first-order chi connectivity index (χ1) is 7.25. The molecule has 0 bridgehead atoms. The van der Waals surface area contributed by atoms with E-state index in [1.165, 1.54) is 11.8 Å². The lowest BCUT2D eigenvalue weighted by molar-refractivity contribution is 0.485. The van der Waals surface area contributed by atoms with Crippen LogP contribution in [0, 0.1) is 6.92 Å². The molecule has 0 amide bonds. The first-order valence-electron chi connectivity index (χ1n) is 4.24. The van der Waals surface area contributed by atoms with Gasteiger partial charge in [-0.25, -0.2) is 9.97 Å². The van der Waals surface area contributed by atoms with E-state index in [1.807, 2.05) is 0 Å². The van der Waals surface area contributed by atoms with E-state index < -0.39 is 0 Å². The number of nitrogens with two attached hydrogens (primary N) is 1. The molecule has 0 saturated carbocycles. The van der Waals surface area contributed by atoms with E-state index in [4.69, 9.17) is 10.2 Å². The van der Waals surface area contributed by atoms with Crippen molar-refractivity contribution in [3.05, 3.63) is 24.2 Å². The van der Waals surface area contributed by atoms with Crippen LogP contribution < -0.4 is 5.73 Å². The fourth-order valence-electron chi connectivity index (χ4n) is 0.973. The van der Waals surface area contributed by atoms with Crippen LogP contribution in [0.1, 0.15) is 11.8 Å². The zero-order valence-corrected chi connectivity index (χ0v) is 8.86. The minimum Gasteiger partial charge on any atom is -0.425 e.